The molecule has 1 fully saturated rings. The predicted octanol–water partition coefficient (Wildman–Crippen LogP) is 3.59. The highest BCUT2D eigenvalue weighted by Crippen LogP contribution is 2.35. The SMILES string of the molecule is CCc1cc(C(F)(F)F)n2nc([C@@H]3CCCN3C(=O)c3cc(C)c(C)[nH]c3=O)cc2n1. The third kappa shape index (κ3) is 3.70. The number of pyridine rings is 1. The van der Waals surface area contributed by atoms with Crippen molar-refractivity contribution >= 4 is 11.6 Å². The van der Waals surface area contributed by atoms with Crippen LogP contribution in [0, 0.1) is 13.8 Å². The maximum atomic E-state index is 13.6. The van der Waals surface area contributed by atoms with Gasteiger partial charge < -0.3 is 9.88 Å². The number of likely N-dealkylation sites (tertiary alicyclic amines) is 1. The van der Waals surface area contributed by atoms with Crippen LogP contribution in [0.15, 0.2) is 23.0 Å². The van der Waals surface area contributed by atoms with Gasteiger partial charge in [0.1, 0.15) is 11.3 Å². The lowest BCUT2D eigenvalue weighted by Gasteiger charge is -2.23. The van der Waals surface area contributed by atoms with Crippen LogP contribution in [0.25, 0.3) is 5.65 Å². The Morgan fingerprint density at radius 1 is 1.26 bits per heavy atom. The molecule has 7 nitrogen and oxygen atoms in total. The molecule has 164 valence electrons. The van der Waals surface area contributed by atoms with Crippen molar-refractivity contribution in [3.63, 3.8) is 0 Å². The maximum absolute atomic E-state index is 13.6. The normalized spacial score (nSPS) is 17.0. The number of rotatable bonds is 3. The third-order valence-electron chi connectivity index (χ3n) is 5.74. The largest absolute Gasteiger partial charge is 0.433 e. The van der Waals surface area contributed by atoms with Crippen molar-refractivity contribution in [2.24, 2.45) is 0 Å². The number of aromatic nitrogens is 4. The summed E-state index contributed by atoms with van der Waals surface area (Å²) in [5.74, 6) is -0.456. The van der Waals surface area contributed by atoms with Crippen molar-refractivity contribution in [1.29, 1.82) is 0 Å². The van der Waals surface area contributed by atoms with Gasteiger partial charge in [-0.05, 0) is 50.8 Å². The molecule has 1 amide bonds. The zero-order valence-electron chi connectivity index (χ0n) is 17.4. The van der Waals surface area contributed by atoms with Crippen LogP contribution < -0.4 is 5.56 Å². The molecule has 10 heteroatoms. The van der Waals surface area contributed by atoms with Gasteiger partial charge in [-0.1, -0.05) is 6.92 Å². The first-order valence-corrected chi connectivity index (χ1v) is 10.1. The van der Waals surface area contributed by atoms with E-state index in [1.54, 1.807) is 26.8 Å². The number of carbonyl (C=O) groups is 1. The second-order valence-corrected chi connectivity index (χ2v) is 7.80. The number of hydrogen-bond acceptors (Lipinski definition) is 4. The van der Waals surface area contributed by atoms with Gasteiger partial charge in [0.25, 0.3) is 11.5 Å². The second-order valence-electron chi connectivity index (χ2n) is 7.80. The molecule has 4 heterocycles. The summed E-state index contributed by atoms with van der Waals surface area (Å²) >= 11 is 0. The first-order chi connectivity index (χ1) is 14.6. The highest BCUT2D eigenvalue weighted by molar-refractivity contribution is 5.94. The molecule has 1 saturated heterocycles. The Bertz CT molecular complexity index is 1230. The number of aryl methyl sites for hydroxylation is 3. The molecule has 1 aliphatic rings. The second kappa shape index (κ2) is 7.51. The number of H-pyrrole nitrogens is 1. The number of hydrogen-bond donors (Lipinski definition) is 1. The van der Waals surface area contributed by atoms with Crippen molar-refractivity contribution in [2.75, 3.05) is 6.54 Å². The number of halogens is 3. The van der Waals surface area contributed by atoms with Gasteiger partial charge in [0, 0.05) is 24.0 Å². The molecule has 0 aromatic carbocycles. The molecule has 0 unspecified atom stereocenters. The predicted molar refractivity (Wildman–Crippen MR) is 107 cm³/mol. The molecule has 3 aromatic heterocycles. The van der Waals surface area contributed by atoms with Crippen molar-refractivity contribution in [1.82, 2.24) is 24.5 Å². The number of nitrogens with one attached hydrogen (secondary N) is 1. The summed E-state index contributed by atoms with van der Waals surface area (Å²) < 4.78 is 41.5. The Morgan fingerprint density at radius 2 is 2.00 bits per heavy atom. The number of carbonyl (C=O) groups excluding carboxylic acids is 1. The first-order valence-electron chi connectivity index (χ1n) is 10.1. The Morgan fingerprint density at radius 3 is 2.68 bits per heavy atom. The molecule has 1 atom stereocenters. The number of nitrogens with zero attached hydrogens (tertiary/aromatic N) is 4. The van der Waals surface area contributed by atoms with Crippen LogP contribution in [-0.4, -0.2) is 36.9 Å². The van der Waals surface area contributed by atoms with Gasteiger partial charge in [-0.2, -0.15) is 18.3 Å². The van der Waals surface area contributed by atoms with E-state index in [4.69, 9.17) is 0 Å². The molecule has 0 bridgehead atoms. The van der Waals surface area contributed by atoms with Gasteiger partial charge in [0.15, 0.2) is 5.65 Å². The van der Waals surface area contributed by atoms with Gasteiger partial charge in [-0.15, -0.1) is 0 Å². The first kappa shape index (κ1) is 21.1. The molecule has 3 aromatic rings. The molecule has 4 rings (SSSR count). The van der Waals surface area contributed by atoms with E-state index >= 15 is 0 Å². The van der Waals surface area contributed by atoms with E-state index in [0.717, 1.165) is 16.1 Å². The highest BCUT2D eigenvalue weighted by Gasteiger charge is 2.37. The Hall–Kier alpha value is -3.17. The van der Waals surface area contributed by atoms with Crippen molar-refractivity contribution in [3.8, 4) is 0 Å². The standard InChI is InChI=1S/C21H22F3N5O2/c1-4-13-9-17(21(22,23)24)29-18(26-13)10-15(27-29)16-6-5-7-28(16)20(31)14-8-11(2)12(3)25-19(14)30/h8-10,16H,4-7H2,1-3H3,(H,25,30)/t16-/m0/s1. The van der Waals surface area contributed by atoms with Crippen LogP contribution in [0.4, 0.5) is 13.2 Å². The smallest absolute Gasteiger partial charge is 0.330 e. The average Bonchev–Trinajstić information content (AvgIpc) is 3.35. The summed E-state index contributed by atoms with van der Waals surface area (Å²) in [4.78, 5) is 33.9. The molecule has 31 heavy (non-hydrogen) atoms. The van der Waals surface area contributed by atoms with Crippen LogP contribution >= 0.6 is 0 Å². The molecule has 1 aliphatic heterocycles. The lowest BCUT2D eigenvalue weighted by molar-refractivity contribution is -0.142. The van der Waals surface area contributed by atoms with Gasteiger partial charge in [0.2, 0.25) is 0 Å². The van der Waals surface area contributed by atoms with Gasteiger partial charge in [-0.3, -0.25) is 9.59 Å². The number of alkyl halides is 3. The monoisotopic (exact) mass is 433 g/mol. The van der Waals surface area contributed by atoms with Crippen LogP contribution in [0.3, 0.4) is 0 Å². The fourth-order valence-electron chi connectivity index (χ4n) is 3.95. The van der Waals surface area contributed by atoms with Crippen LogP contribution in [0.1, 0.15) is 64.5 Å². The quantitative estimate of drug-likeness (QED) is 0.684. The topological polar surface area (TPSA) is 83.4 Å². The van der Waals surface area contributed by atoms with E-state index in [-0.39, 0.29) is 11.2 Å². The average molecular weight is 433 g/mol. The summed E-state index contributed by atoms with van der Waals surface area (Å²) in [7, 11) is 0. The summed E-state index contributed by atoms with van der Waals surface area (Å²) in [6.07, 6.45) is -3.04. The lowest BCUT2D eigenvalue weighted by Crippen LogP contribution is -2.35. The van der Waals surface area contributed by atoms with Crippen molar-refractivity contribution < 1.29 is 18.0 Å². The highest BCUT2D eigenvalue weighted by atomic mass is 19.4. The fraction of sp³-hybridized carbons (Fsp3) is 0.429. The Balaban J connectivity index is 1.76. The summed E-state index contributed by atoms with van der Waals surface area (Å²) in [6.45, 7) is 5.66. The van der Waals surface area contributed by atoms with E-state index < -0.39 is 29.4 Å². The van der Waals surface area contributed by atoms with Crippen molar-refractivity contribution in [3.05, 3.63) is 62.5 Å². The fourth-order valence-corrected chi connectivity index (χ4v) is 3.95. The number of aromatic amines is 1. The molecule has 0 saturated carbocycles. The minimum absolute atomic E-state index is 0.0149. The Labute approximate surface area is 175 Å². The van der Waals surface area contributed by atoms with Gasteiger partial charge >= 0.3 is 6.18 Å². The van der Waals surface area contributed by atoms with E-state index in [1.165, 1.54) is 11.0 Å². The molecular formula is C21H22F3N5O2. The Kier molecular flexibility index (Phi) is 5.10. The summed E-state index contributed by atoms with van der Waals surface area (Å²) in [5.41, 5.74) is 0.815. The van der Waals surface area contributed by atoms with E-state index in [1.807, 2.05) is 0 Å². The minimum Gasteiger partial charge on any atom is -0.330 e. The van der Waals surface area contributed by atoms with E-state index in [0.29, 0.717) is 42.9 Å². The lowest BCUT2D eigenvalue weighted by atomic mass is 10.1. The number of amides is 1. The summed E-state index contributed by atoms with van der Waals surface area (Å²) in [6, 6.07) is 3.51. The molecular weight excluding hydrogens is 411 g/mol. The maximum Gasteiger partial charge on any atom is 0.433 e. The van der Waals surface area contributed by atoms with E-state index in [2.05, 4.69) is 15.1 Å². The van der Waals surface area contributed by atoms with Crippen LogP contribution in [0.2, 0.25) is 0 Å². The molecule has 0 radical (unpaired) electrons. The third-order valence-corrected chi connectivity index (χ3v) is 5.74. The van der Waals surface area contributed by atoms with Crippen molar-refractivity contribution in [2.45, 2.75) is 52.3 Å². The molecule has 1 N–H and O–H groups in total. The van der Waals surface area contributed by atoms with Crippen LogP contribution in [-0.2, 0) is 12.6 Å². The zero-order chi connectivity index (χ0) is 22.5. The van der Waals surface area contributed by atoms with E-state index in [9.17, 15) is 22.8 Å². The molecule has 0 aliphatic carbocycles. The number of fused-ring (bicyclic) bond motifs is 1. The molecule has 0 spiro atoms. The van der Waals surface area contributed by atoms with Gasteiger partial charge in [-0.25, -0.2) is 9.50 Å². The summed E-state index contributed by atoms with van der Waals surface area (Å²) in [5, 5.41) is 4.17. The zero-order valence-corrected chi connectivity index (χ0v) is 17.4. The minimum atomic E-state index is -4.59. The van der Waals surface area contributed by atoms with Crippen LogP contribution in [0.5, 0.6) is 0 Å². The van der Waals surface area contributed by atoms with Gasteiger partial charge in [0.05, 0.1) is 11.7 Å².